The molecule has 0 bridgehead atoms. The minimum Gasteiger partial charge on any atom is -0.452 e. The van der Waals surface area contributed by atoms with Crippen LogP contribution in [0.15, 0.2) is 23.4 Å². The van der Waals surface area contributed by atoms with Crippen LogP contribution in [-0.4, -0.2) is 35.6 Å². The van der Waals surface area contributed by atoms with E-state index >= 15 is 0 Å². The molecule has 2 amide bonds. The van der Waals surface area contributed by atoms with Gasteiger partial charge in [0.1, 0.15) is 10.0 Å². The Morgan fingerprint density at radius 1 is 1.43 bits per heavy atom. The Morgan fingerprint density at radius 2 is 2.21 bits per heavy atom. The van der Waals surface area contributed by atoms with Gasteiger partial charge in [-0.15, -0.1) is 23.1 Å². The number of pyridine rings is 1. The van der Waals surface area contributed by atoms with Gasteiger partial charge in [-0.1, -0.05) is 6.92 Å². The maximum Gasteiger partial charge on any atom is 0.341 e. The fourth-order valence-electron chi connectivity index (χ4n) is 3.18. The molecule has 0 aromatic carbocycles. The molecule has 0 saturated heterocycles. The van der Waals surface area contributed by atoms with Crippen molar-refractivity contribution in [1.82, 2.24) is 4.98 Å². The van der Waals surface area contributed by atoms with Gasteiger partial charge in [-0.3, -0.25) is 9.59 Å². The van der Waals surface area contributed by atoms with Gasteiger partial charge in [0.15, 0.2) is 6.61 Å². The zero-order valence-corrected chi connectivity index (χ0v) is 17.2. The molecule has 9 heteroatoms. The zero-order valence-electron chi connectivity index (χ0n) is 15.6. The first-order valence-corrected chi connectivity index (χ1v) is 10.8. The average molecular weight is 420 g/mol. The van der Waals surface area contributed by atoms with Gasteiger partial charge < -0.3 is 15.8 Å². The highest BCUT2D eigenvalue weighted by Crippen LogP contribution is 2.39. The van der Waals surface area contributed by atoms with Crippen molar-refractivity contribution in [3.05, 3.63) is 39.9 Å². The number of nitrogens with zero attached hydrogens (tertiary/aromatic N) is 1. The summed E-state index contributed by atoms with van der Waals surface area (Å²) in [5, 5.41) is 3.64. The summed E-state index contributed by atoms with van der Waals surface area (Å²) in [6, 6.07) is 3.23. The molecule has 2 aromatic rings. The number of aromatic nitrogens is 1. The van der Waals surface area contributed by atoms with Crippen LogP contribution in [0.3, 0.4) is 0 Å². The van der Waals surface area contributed by atoms with Crippen LogP contribution < -0.4 is 11.1 Å². The number of nitrogens with one attached hydrogen (secondary N) is 1. The molecule has 0 unspecified atom stereocenters. The lowest BCUT2D eigenvalue weighted by Crippen LogP contribution is -2.23. The second-order valence-electron chi connectivity index (χ2n) is 6.60. The van der Waals surface area contributed by atoms with E-state index in [1.807, 2.05) is 0 Å². The Bertz CT molecular complexity index is 926. The number of nitrogens with two attached hydrogens (primary N) is 1. The minimum absolute atomic E-state index is 0.307. The van der Waals surface area contributed by atoms with Gasteiger partial charge in [0.05, 0.1) is 11.1 Å². The largest absolute Gasteiger partial charge is 0.452 e. The highest BCUT2D eigenvalue weighted by Gasteiger charge is 2.27. The van der Waals surface area contributed by atoms with E-state index in [0.717, 1.165) is 29.7 Å². The SMILES string of the molecule is CSc1ncccc1C(=O)OCC(=O)Nc1sc2c(c1C(N)=O)CC[C@H](C)C2. The number of anilines is 1. The summed E-state index contributed by atoms with van der Waals surface area (Å²) in [5.41, 5.74) is 7.16. The van der Waals surface area contributed by atoms with Crippen LogP contribution in [0, 0.1) is 5.92 Å². The standard InChI is InChI=1S/C19H21N3O4S2/c1-10-5-6-11-13(8-10)28-18(15(11)16(20)24)22-14(23)9-26-19(25)12-4-3-7-21-17(12)27-2/h3-4,7,10H,5-6,8-9H2,1-2H3,(H2,20,24)(H,22,23)/t10-/m0/s1. The number of primary amides is 1. The first kappa shape index (κ1) is 20.3. The summed E-state index contributed by atoms with van der Waals surface area (Å²) in [6.07, 6.45) is 6.01. The molecule has 0 aliphatic heterocycles. The van der Waals surface area contributed by atoms with Crippen molar-refractivity contribution < 1.29 is 19.1 Å². The Balaban J connectivity index is 1.68. The van der Waals surface area contributed by atoms with E-state index in [1.165, 1.54) is 23.1 Å². The number of amides is 2. The maximum absolute atomic E-state index is 12.3. The van der Waals surface area contributed by atoms with Crippen LogP contribution in [-0.2, 0) is 22.4 Å². The maximum atomic E-state index is 12.3. The van der Waals surface area contributed by atoms with Crippen LogP contribution in [0.5, 0.6) is 0 Å². The number of hydrogen-bond donors (Lipinski definition) is 2. The Morgan fingerprint density at radius 3 is 2.93 bits per heavy atom. The monoisotopic (exact) mass is 419 g/mol. The van der Waals surface area contributed by atoms with Crippen LogP contribution in [0.1, 0.15) is 44.5 Å². The van der Waals surface area contributed by atoms with Gasteiger partial charge in [-0.2, -0.15) is 0 Å². The normalized spacial score (nSPS) is 15.6. The Labute approximate surface area is 171 Å². The first-order valence-electron chi connectivity index (χ1n) is 8.81. The molecule has 2 aromatic heterocycles. The zero-order chi connectivity index (χ0) is 20.3. The lowest BCUT2D eigenvalue weighted by molar-refractivity contribution is -0.119. The van der Waals surface area contributed by atoms with Crippen LogP contribution in [0.2, 0.25) is 0 Å². The molecular weight excluding hydrogens is 398 g/mol. The van der Waals surface area contributed by atoms with Crippen molar-refractivity contribution in [3.8, 4) is 0 Å². The van der Waals surface area contributed by atoms with Crippen molar-refractivity contribution in [2.45, 2.75) is 31.2 Å². The number of fused-ring (bicyclic) bond motifs is 1. The molecule has 1 atom stereocenters. The molecule has 2 heterocycles. The highest BCUT2D eigenvalue weighted by atomic mass is 32.2. The number of thioether (sulfide) groups is 1. The number of hydrogen-bond acceptors (Lipinski definition) is 7. The molecule has 28 heavy (non-hydrogen) atoms. The third-order valence-corrected chi connectivity index (χ3v) is 6.41. The second kappa shape index (κ2) is 8.74. The van der Waals surface area contributed by atoms with E-state index < -0.39 is 24.4 Å². The van der Waals surface area contributed by atoms with E-state index in [2.05, 4.69) is 17.2 Å². The lowest BCUT2D eigenvalue weighted by atomic mass is 9.88. The third kappa shape index (κ3) is 4.36. The molecule has 0 saturated carbocycles. The number of rotatable bonds is 6. The summed E-state index contributed by atoms with van der Waals surface area (Å²) in [6.45, 7) is 1.70. The summed E-state index contributed by atoms with van der Waals surface area (Å²) in [5.74, 6) is -1.17. The number of thiophene rings is 1. The van der Waals surface area contributed by atoms with E-state index in [9.17, 15) is 14.4 Å². The van der Waals surface area contributed by atoms with E-state index in [-0.39, 0.29) is 0 Å². The van der Waals surface area contributed by atoms with Crippen LogP contribution in [0.25, 0.3) is 0 Å². The van der Waals surface area contributed by atoms with Crippen LogP contribution in [0.4, 0.5) is 5.00 Å². The fourth-order valence-corrected chi connectivity index (χ4v) is 5.15. The van der Waals surface area contributed by atoms with Gasteiger partial charge in [0.2, 0.25) is 0 Å². The highest BCUT2D eigenvalue weighted by molar-refractivity contribution is 7.98. The molecule has 7 nitrogen and oxygen atoms in total. The first-order chi connectivity index (χ1) is 13.4. The van der Waals surface area contributed by atoms with E-state index in [4.69, 9.17) is 10.5 Å². The molecule has 148 valence electrons. The van der Waals surface area contributed by atoms with Crippen molar-refractivity contribution in [2.75, 3.05) is 18.2 Å². The van der Waals surface area contributed by atoms with Gasteiger partial charge in [0.25, 0.3) is 11.8 Å². The lowest BCUT2D eigenvalue weighted by Gasteiger charge is -2.18. The number of carbonyl (C=O) groups is 3. The molecule has 1 aliphatic rings. The predicted octanol–water partition coefficient (Wildman–Crippen LogP) is 2.88. The van der Waals surface area contributed by atoms with Crippen molar-refractivity contribution in [2.24, 2.45) is 11.7 Å². The summed E-state index contributed by atoms with van der Waals surface area (Å²) < 4.78 is 5.11. The summed E-state index contributed by atoms with van der Waals surface area (Å²) in [4.78, 5) is 41.6. The Hall–Kier alpha value is -2.39. The smallest absolute Gasteiger partial charge is 0.341 e. The van der Waals surface area contributed by atoms with Crippen molar-refractivity contribution in [3.63, 3.8) is 0 Å². The topological polar surface area (TPSA) is 111 Å². The number of ether oxygens (including phenoxy) is 1. The molecular formula is C19H21N3O4S2. The van der Waals surface area contributed by atoms with E-state index in [0.29, 0.717) is 27.1 Å². The van der Waals surface area contributed by atoms with Crippen molar-refractivity contribution in [1.29, 1.82) is 0 Å². The van der Waals surface area contributed by atoms with Crippen LogP contribution >= 0.6 is 23.1 Å². The fraction of sp³-hybridized carbons (Fsp3) is 0.368. The van der Waals surface area contributed by atoms with Crippen molar-refractivity contribution >= 4 is 45.9 Å². The molecule has 3 N–H and O–H groups in total. The minimum atomic E-state index is -0.623. The molecule has 0 spiro atoms. The second-order valence-corrected chi connectivity index (χ2v) is 8.50. The molecule has 0 radical (unpaired) electrons. The summed E-state index contributed by atoms with van der Waals surface area (Å²) >= 11 is 2.69. The van der Waals surface area contributed by atoms with Gasteiger partial charge >= 0.3 is 5.97 Å². The van der Waals surface area contributed by atoms with E-state index in [1.54, 1.807) is 24.6 Å². The quantitative estimate of drug-likeness (QED) is 0.550. The molecule has 0 fully saturated rings. The van der Waals surface area contributed by atoms with Gasteiger partial charge in [-0.25, -0.2) is 9.78 Å². The third-order valence-electron chi connectivity index (χ3n) is 4.53. The molecule has 3 rings (SSSR count). The predicted molar refractivity (Wildman–Crippen MR) is 109 cm³/mol. The summed E-state index contributed by atoms with van der Waals surface area (Å²) in [7, 11) is 0. The van der Waals surface area contributed by atoms with Gasteiger partial charge in [0, 0.05) is 11.1 Å². The number of carbonyl (C=O) groups excluding carboxylic acids is 3. The average Bonchev–Trinajstić information content (AvgIpc) is 3.02. The molecule has 1 aliphatic carbocycles. The Kier molecular flexibility index (Phi) is 6.35. The number of esters is 1. The van der Waals surface area contributed by atoms with Gasteiger partial charge in [-0.05, 0) is 49.1 Å².